The molecular weight excluding hydrogens is 453 g/mol. The topological polar surface area (TPSA) is 82.2 Å². The molecule has 4 rings (SSSR count). The van der Waals surface area contributed by atoms with Crippen molar-refractivity contribution in [3.8, 4) is 0 Å². The number of fused-ring (bicyclic) bond motifs is 1. The van der Waals surface area contributed by atoms with Crippen molar-refractivity contribution in [2.45, 2.75) is 6.54 Å². The van der Waals surface area contributed by atoms with E-state index in [1.165, 1.54) is 0 Å². The maximum atomic E-state index is 12.1. The third-order valence-electron chi connectivity index (χ3n) is 3.85. The summed E-state index contributed by atoms with van der Waals surface area (Å²) in [5.41, 5.74) is 3.12. The molecule has 3 heterocycles. The third-order valence-corrected chi connectivity index (χ3v) is 4.37. The van der Waals surface area contributed by atoms with E-state index in [9.17, 15) is 4.79 Å². The molecule has 6 nitrogen and oxygen atoms in total. The van der Waals surface area contributed by atoms with E-state index in [0.717, 1.165) is 26.6 Å². The molecule has 0 aliphatic carbocycles. The van der Waals surface area contributed by atoms with Crippen molar-refractivity contribution in [1.82, 2.24) is 20.6 Å². The summed E-state index contributed by atoms with van der Waals surface area (Å²) >= 11 is 3.41. The average Bonchev–Trinajstić information content (AvgIpc) is 3.19. The molecule has 9 heteroatoms. The predicted molar refractivity (Wildman–Crippen MR) is 115 cm³/mol. The van der Waals surface area contributed by atoms with Gasteiger partial charge in [0.25, 0.3) is 5.91 Å². The number of carbonyl (C=O) groups is 1. The fourth-order valence-corrected chi connectivity index (χ4v) is 2.85. The fourth-order valence-electron chi connectivity index (χ4n) is 2.58. The number of aromatic amines is 1. The summed E-state index contributed by atoms with van der Waals surface area (Å²) in [6, 6.07) is 11.8. The number of hydrogen-bond donors (Lipinski definition) is 3. The van der Waals surface area contributed by atoms with Gasteiger partial charge in [0.15, 0.2) is 0 Å². The van der Waals surface area contributed by atoms with Gasteiger partial charge in [0, 0.05) is 34.4 Å². The molecule has 3 N–H and O–H groups in total. The van der Waals surface area contributed by atoms with Gasteiger partial charge in [-0.05, 0) is 35.9 Å². The fraction of sp³-hybridized carbons (Fsp3) is 0.0556. The molecule has 0 saturated carbocycles. The number of halogens is 3. The molecule has 1 aliphatic rings. The summed E-state index contributed by atoms with van der Waals surface area (Å²) in [6.07, 6.45) is 5.30. The largest absolute Gasteiger partial charge is 0.352 e. The Kier molecular flexibility index (Phi) is 7.01. The second-order valence-corrected chi connectivity index (χ2v) is 6.48. The van der Waals surface area contributed by atoms with Crippen LogP contribution in [0.15, 0.2) is 64.0 Å². The van der Waals surface area contributed by atoms with Gasteiger partial charge in [0.1, 0.15) is 11.3 Å². The lowest BCUT2D eigenvalue weighted by Crippen LogP contribution is -2.35. The Morgan fingerprint density at radius 2 is 1.93 bits per heavy atom. The number of benzene rings is 1. The number of hydrogen-bond acceptors (Lipinski definition) is 4. The van der Waals surface area contributed by atoms with Crippen LogP contribution < -0.4 is 10.6 Å². The second kappa shape index (κ2) is 9.03. The Morgan fingerprint density at radius 3 is 2.70 bits per heavy atom. The molecule has 1 aromatic carbocycles. The molecular formula is C18H16BrCl2N5O. The number of pyridine rings is 1. The Labute approximate surface area is 176 Å². The zero-order chi connectivity index (χ0) is 17.2. The molecule has 2 aromatic heterocycles. The van der Waals surface area contributed by atoms with E-state index in [-0.39, 0.29) is 30.7 Å². The molecule has 0 unspecified atom stereocenters. The summed E-state index contributed by atoms with van der Waals surface area (Å²) in [5.74, 6) is 0.230. The minimum atomic E-state index is -0.225. The van der Waals surface area contributed by atoms with Gasteiger partial charge < -0.3 is 10.3 Å². The maximum Gasteiger partial charge on any atom is 0.276 e. The van der Waals surface area contributed by atoms with Crippen molar-refractivity contribution in [2.24, 2.45) is 4.99 Å². The van der Waals surface area contributed by atoms with Crippen LogP contribution in [-0.2, 0) is 11.3 Å². The monoisotopic (exact) mass is 467 g/mol. The highest BCUT2D eigenvalue weighted by atomic mass is 79.9. The molecule has 0 atom stereocenters. The maximum absolute atomic E-state index is 12.1. The SMILES string of the molecule is Cl.Cl.O=C1NC(NCc2ccc(Br)cc2)=N/C1=C\c1c[nH]c2ncccc12. The number of H-pyrrole nitrogens is 1. The summed E-state index contributed by atoms with van der Waals surface area (Å²) in [7, 11) is 0. The Balaban J connectivity index is 0.00000131. The average molecular weight is 469 g/mol. The number of amides is 1. The van der Waals surface area contributed by atoms with E-state index in [0.29, 0.717) is 18.2 Å². The molecule has 0 fully saturated rings. The lowest BCUT2D eigenvalue weighted by molar-refractivity contribution is -0.115. The molecule has 0 radical (unpaired) electrons. The van der Waals surface area contributed by atoms with Gasteiger partial charge in [-0.3, -0.25) is 10.1 Å². The van der Waals surface area contributed by atoms with Gasteiger partial charge in [-0.2, -0.15) is 0 Å². The van der Waals surface area contributed by atoms with Crippen molar-refractivity contribution >= 4 is 69.7 Å². The van der Waals surface area contributed by atoms with Crippen LogP contribution in [0.1, 0.15) is 11.1 Å². The van der Waals surface area contributed by atoms with Crippen LogP contribution >= 0.6 is 40.7 Å². The second-order valence-electron chi connectivity index (χ2n) is 5.57. The van der Waals surface area contributed by atoms with E-state index < -0.39 is 0 Å². The number of nitrogens with one attached hydrogen (secondary N) is 3. The van der Waals surface area contributed by atoms with Gasteiger partial charge in [0.05, 0.1) is 0 Å². The van der Waals surface area contributed by atoms with Gasteiger partial charge >= 0.3 is 0 Å². The first-order valence-corrected chi connectivity index (χ1v) is 8.50. The minimum Gasteiger partial charge on any atom is -0.352 e. The Hall–Kier alpha value is -2.35. The highest BCUT2D eigenvalue weighted by Crippen LogP contribution is 2.20. The predicted octanol–water partition coefficient (Wildman–Crippen LogP) is 3.79. The molecule has 1 amide bonds. The third kappa shape index (κ3) is 4.68. The van der Waals surface area contributed by atoms with Gasteiger partial charge in [-0.25, -0.2) is 9.98 Å². The first kappa shape index (κ1) is 21.0. The highest BCUT2D eigenvalue weighted by molar-refractivity contribution is 9.10. The van der Waals surface area contributed by atoms with Crippen molar-refractivity contribution in [1.29, 1.82) is 0 Å². The van der Waals surface area contributed by atoms with Gasteiger partial charge in [0.2, 0.25) is 5.96 Å². The van der Waals surface area contributed by atoms with Gasteiger partial charge in [-0.1, -0.05) is 28.1 Å². The lowest BCUT2D eigenvalue weighted by Gasteiger charge is -2.05. The van der Waals surface area contributed by atoms with E-state index in [1.807, 2.05) is 42.6 Å². The van der Waals surface area contributed by atoms with Crippen molar-refractivity contribution < 1.29 is 4.79 Å². The Bertz CT molecular complexity index is 1010. The number of aromatic nitrogens is 2. The molecule has 140 valence electrons. The number of aliphatic imine (C=N–C) groups is 1. The summed E-state index contributed by atoms with van der Waals surface area (Å²) in [6.45, 7) is 0.580. The Morgan fingerprint density at radius 1 is 1.15 bits per heavy atom. The summed E-state index contributed by atoms with van der Waals surface area (Å²) in [4.78, 5) is 23.8. The molecule has 0 bridgehead atoms. The lowest BCUT2D eigenvalue weighted by atomic mass is 10.2. The smallest absolute Gasteiger partial charge is 0.276 e. The van der Waals surface area contributed by atoms with Crippen molar-refractivity contribution in [3.05, 3.63) is 70.1 Å². The van der Waals surface area contributed by atoms with Crippen molar-refractivity contribution in [2.75, 3.05) is 0 Å². The number of nitrogens with zero attached hydrogens (tertiary/aromatic N) is 2. The van der Waals surface area contributed by atoms with E-state index in [2.05, 4.69) is 41.5 Å². The highest BCUT2D eigenvalue weighted by Gasteiger charge is 2.20. The number of rotatable bonds is 3. The molecule has 27 heavy (non-hydrogen) atoms. The molecule has 0 spiro atoms. The van der Waals surface area contributed by atoms with Gasteiger partial charge in [-0.15, -0.1) is 24.8 Å². The molecule has 1 aliphatic heterocycles. The normalized spacial score (nSPS) is 14.3. The first-order valence-electron chi connectivity index (χ1n) is 7.71. The van der Waals surface area contributed by atoms with Crippen LogP contribution in [0, 0.1) is 0 Å². The van der Waals surface area contributed by atoms with Crippen LogP contribution in [0.25, 0.3) is 17.1 Å². The minimum absolute atomic E-state index is 0. The van der Waals surface area contributed by atoms with Crippen LogP contribution in [0.4, 0.5) is 0 Å². The van der Waals surface area contributed by atoms with Crippen LogP contribution in [0.5, 0.6) is 0 Å². The summed E-state index contributed by atoms with van der Waals surface area (Å²) in [5, 5.41) is 6.83. The molecule has 3 aromatic rings. The quantitative estimate of drug-likeness (QED) is 0.511. The zero-order valence-electron chi connectivity index (χ0n) is 13.9. The van der Waals surface area contributed by atoms with E-state index in [1.54, 1.807) is 12.3 Å². The molecule has 0 saturated heterocycles. The van der Waals surface area contributed by atoms with Crippen molar-refractivity contribution in [3.63, 3.8) is 0 Å². The number of guanidine groups is 1. The standard InChI is InChI=1S/C18H14BrN5O.2ClH/c19-13-5-3-11(4-6-13)9-22-18-23-15(17(25)24-18)8-12-10-21-16-14(12)2-1-7-20-16;;/h1-8,10H,9H2,(H,20,21)(H2,22,23,24,25);2*1H/b15-8-;;. The van der Waals surface area contributed by atoms with E-state index >= 15 is 0 Å². The number of carbonyl (C=O) groups excluding carboxylic acids is 1. The van der Waals surface area contributed by atoms with Crippen LogP contribution in [0.3, 0.4) is 0 Å². The zero-order valence-corrected chi connectivity index (χ0v) is 17.1. The van der Waals surface area contributed by atoms with E-state index in [4.69, 9.17) is 0 Å². The van der Waals surface area contributed by atoms with Crippen LogP contribution in [-0.4, -0.2) is 21.8 Å². The first-order chi connectivity index (χ1) is 12.2. The summed E-state index contributed by atoms with van der Waals surface area (Å²) < 4.78 is 1.03. The van der Waals surface area contributed by atoms with Crippen LogP contribution in [0.2, 0.25) is 0 Å².